The highest BCUT2D eigenvalue weighted by Gasteiger charge is 2.34. The van der Waals surface area contributed by atoms with E-state index >= 15 is 0 Å². The van der Waals surface area contributed by atoms with E-state index < -0.39 is 5.97 Å². The molecule has 0 aliphatic heterocycles. The molecule has 24 heavy (non-hydrogen) atoms. The first-order chi connectivity index (χ1) is 11.5. The molecule has 1 fully saturated rings. The molecule has 0 radical (unpaired) electrons. The molecule has 3 rings (SSSR count). The Morgan fingerprint density at radius 3 is 2.83 bits per heavy atom. The summed E-state index contributed by atoms with van der Waals surface area (Å²) in [6.45, 7) is 2.71. The average Bonchev–Trinajstić information content (AvgIpc) is 2.89. The second-order valence-electron chi connectivity index (χ2n) is 6.31. The van der Waals surface area contributed by atoms with Gasteiger partial charge in [0.05, 0.1) is 23.9 Å². The summed E-state index contributed by atoms with van der Waals surface area (Å²) >= 11 is 0. The Bertz CT molecular complexity index is 764. The van der Waals surface area contributed by atoms with Gasteiger partial charge in [0.2, 0.25) is 0 Å². The summed E-state index contributed by atoms with van der Waals surface area (Å²) in [5.74, 6) is -0.916. The van der Waals surface area contributed by atoms with Crippen LogP contribution in [0.5, 0.6) is 0 Å². The molecular formula is C17H22N4O3. The van der Waals surface area contributed by atoms with Gasteiger partial charge in [0.1, 0.15) is 0 Å². The van der Waals surface area contributed by atoms with Gasteiger partial charge in [0.15, 0.2) is 0 Å². The van der Waals surface area contributed by atoms with E-state index in [0.717, 1.165) is 23.9 Å². The highest BCUT2D eigenvalue weighted by Crippen LogP contribution is 2.26. The minimum Gasteiger partial charge on any atom is -0.480 e. The van der Waals surface area contributed by atoms with Crippen LogP contribution in [0.4, 0.5) is 0 Å². The molecule has 1 aromatic carbocycles. The number of nitrogens with one attached hydrogen (secondary N) is 1. The maximum absolute atomic E-state index is 12.4. The number of aliphatic carboxylic acids is 1. The van der Waals surface area contributed by atoms with Crippen molar-refractivity contribution in [1.29, 1.82) is 0 Å². The van der Waals surface area contributed by atoms with Crippen molar-refractivity contribution in [2.75, 3.05) is 13.1 Å². The van der Waals surface area contributed by atoms with Crippen molar-refractivity contribution in [2.24, 2.45) is 7.05 Å². The minimum atomic E-state index is -0.812. The summed E-state index contributed by atoms with van der Waals surface area (Å²) in [5.41, 5.74) is 2.39. The topological polar surface area (TPSA) is 87.5 Å². The molecule has 0 spiro atoms. The van der Waals surface area contributed by atoms with E-state index in [0.29, 0.717) is 12.1 Å². The third-order valence-corrected chi connectivity index (χ3v) is 4.70. The van der Waals surface area contributed by atoms with Crippen LogP contribution in [0.1, 0.15) is 30.1 Å². The Kier molecular flexibility index (Phi) is 4.53. The molecule has 1 aromatic heterocycles. The van der Waals surface area contributed by atoms with Gasteiger partial charge in [-0.1, -0.05) is 6.92 Å². The fraction of sp³-hybridized carbons (Fsp3) is 0.471. The first kappa shape index (κ1) is 16.4. The summed E-state index contributed by atoms with van der Waals surface area (Å²) < 4.78 is 1.91. The first-order valence-corrected chi connectivity index (χ1v) is 8.15. The molecule has 0 atom stereocenters. The number of carbonyl (C=O) groups is 2. The summed E-state index contributed by atoms with van der Waals surface area (Å²) in [6.07, 6.45) is 3.31. The van der Waals surface area contributed by atoms with Crippen LogP contribution in [0.25, 0.3) is 11.0 Å². The molecule has 1 aliphatic rings. The number of rotatable bonds is 6. The molecule has 1 amide bonds. The molecule has 0 bridgehead atoms. The molecule has 1 heterocycles. The lowest BCUT2D eigenvalue weighted by Gasteiger charge is -2.42. The third kappa shape index (κ3) is 3.26. The van der Waals surface area contributed by atoms with E-state index in [9.17, 15) is 9.59 Å². The van der Waals surface area contributed by atoms with Crippen molar-refractivity contribution in [1.82, 2.24) is 19.8 Å². The molecule has 0 unspecified atom stereocenters. The first-order valence-electron chi connectivity index (χ1n) is 8.15. The SMILES string of the molecule is CCN(CC(=O)O)C1CC(NC(=O)c2ccc3c(c2)ncn3C)C1. The molecule has 7 nitrogen and oxygen atoms in total. The predicted molar refractivity (Wildman–Crippen MR) is 89.9 cm³/mol. The largest absolute Gasteiger partial charge is 0.480 e. The van der Waals surface area contributed by atoms with Crippen molar-refractivity contribution in [3.63, 3.8) is 0 Å². The van der Waals surface area contributed by atoms with E-state index in [-0.39, 0.29) is 24.5 Å². The van der Waals surface area contributed by atoms with Gasteiger partial charge in [-0.2, -0.15) is 0 Å². The number of carbonyl (C=O) groups excluding carboxylic acids is 1. The van der Waals surface area contributed by atoms with Crippen molar-refractivity contribution in [2.45, 2.75) is 31.8 Å². The van der Waals surface area contributed by atoms with Crippen molar-refractivity contribution >= 4 is 22.9 Å². The standard InChI is InChI=1S/C17H22N4O3/c1-3-21(9-16(22)23)13-7-12(8-13)19-17(24)11-4-5-15-14(6-11)18-10-20(15)2/h4-6,10,12-13H,3,7-9H2,1-2H3,(H,19,24)(H,22,23). The lowest BCUT2D eigenvalue weighted by Crippen LogP contribution is -2.54. The molecule has 1 aliphatic carbocycles. The van der Waals surface area contributed by atoms with Gasteiger partial charge in [-0.25, -0.2) is 4.98 Å². The quantitative estimate of drug-likeness (QED) is 0.832. The zero-order valence-corrected chi connectivity index (χ0v) is 13.9. The van der Waals surface area contributed by atoms with Crippen LogP contribution in [-0.2, 0) is 11.8 Å². The second-order valence-corrected chi connectivity index (χ2v) is 6.31. The highest BCUT2D eigenvalue weighted by molar-refractivity contribution is 5.97. The molecule has 1 saturated carbocycles. The van der Waals surface area contributed by atoms with E-state index in [2.05, 4.69) is 10.3 Å². The maximum Gasteiger partial charge on any atom is 0.317 e. The van der Waals surface area contributed by atoms with Crippen molar-refractivity contribution < 1.29 is 14.7 Å². The van der Waals surface area contributed by atoms with Gasteiger partial charge in [-0.05, 0) is 37.6 Å². The predicted octanol–water partition coefficient (Wildman–Crippen LogP) is 1.24. The summed E-state index contributed by atoms with van der Waals surface area (Å²) in [7, 11) is 1.92. The molecule has 2 N–H and O–H groups in total. The number of carboxylic acid groups (broad SMARTS) is 1. The number of benzene rings is 1. The lowest BCUT2D eigenvalue weighted by atomic mass is 9.85. The van der Waals surface area contributed by atoms with Crippen LogP contribution in [0.2, 0.25) is 0 Å². The minimum absolute atomic E-state index is 0.0537. The van der Waals surface area contributed by atoms with E-state index in [1.807, 2.05) is 29.5 Å². The second kappa shape index (κ2) is 6.60. The number of nitrogens with zero attached hydrogens (tertiary/aromatic N) is 3. The van der Waals surface area contributed by atoms with Gasteiger partial charge in [0, 0.05) is 24.7 Å². The molecule has 0 saturated heterocycles. The number of hydrogen-bond acceptors (Lipinski definition) is 4. The van der Waals surface area contributed by atoms with Crippen LogP contribution in [0.3, 0.4) is 0 Å². The van der Waals surface area contributed by atoms with Gasteiger partial charge in [-0.15, -0.1) is 0 Å². The van der Waals surface area contributed by atoms with Crippen LogP contribution in [-0.4, -0.2) is 56.6 Å². The zero-order chi connectivity index (χ0) is 17.3. The number of likely N-dealkylation sites (N-methyl/N-ethyl adjacent to an activating group) is 1. The Labute approximate surface area is 140 Å². The van der Waals surface area contributed by atoms with Gasteiger partial charge >= 0.3 is 5.97 Å². The Morgan fingerprint density at radius 1 is 1.42 bits per heavy atom. The van der Waals surface area contributed by atoms with Crippen LogP contribution in [0.15, 0.2) is 24.5 Å². The number of aromatic nitrogens is 2. The van der Waals surface area contributed by atoms with Gasteiger partial charge in [0.25, 0.3) is 5.91 Å². The molecular weight excluding hydrogens is 308 g/mol. The number of amides is 1. The van der Waals surface area contributed by atoms with E-state index in [4.69, 9.17) is 5.11 Å². The van der Waals surface area contributed by atoms with Crippen molar-refractivity contribution in [3.05, 3.63) is 30.1 Å². The van der Waals surface area contributed by atoms with E-state index in [1.165, 1.54) is 0 Å². The maximum atomic E-state index is 12.4. The van der Waals surface area contributed by atoms with Crippen LogP contribution >= 0.6 is 0 Å². The molecule has 7 heteroatoms. The smallest absolute Gasteiger partial charge is 0.317 e. The van der Waals surface area contributed by atoms with Crippen LogP contribution < -0.4 is 5.32 Å². The average molecular weight is 330 g/mol. The van der Waals surface area contributed by atoms with Crippen molar-refractivity contribution in [3.8, 4) is 0 Å². The summed E-state index contributed by atoms with van der Waals surface area (Å²) in [5, 5.41) is 11.9. The number of imidazole rings is 1. The fourth-order valence-corrected chi connectivity index (χ4v) is 3.22. The van der Waals surface area contributed by atoms with Gasteiger partial charge in [-0.3, -0.25) is 14.5 Å². The summed E-state index contributed by atoms with van der Waals surface area (Å²) in [4.78, 5) is 29.4. The molecule has 2 aromatic rings. The van der Waals surface area contributed by atoms with E-state index in [1.54, 1.807) is 18.5 Å². The zero-order valence-electron chi connectivity index (χ0n) is 13.9. The highest BCUT2D eigenvalue weighted by atomic mass is 16.4. The lowest BCUT2D eigenvalue weighted by molar-refractivity contribution is -0.139. The Hall–Kier alpha value is -2.41. The number of carboxylic acids is 1. The number of fused-ring (bicyclic) bond motifs is 1. The normalized spacial score (nSPS) is 20.1. The third-order valence-electron chi connectivity index (χ3n) is 4.70. The monoisotopic (exact) mass is 330 g/mol. The Balaban J connectivity index is 1.57. The number of hydrogen-bond donors (Lipinski definition) is 2. The summed E-state index contributed by atoms with van der Waals surface area (Å²) in [6, 6.07) is 5.83. The molecule has 128 valence electrons. The fourth-order valence-electron chi connectivity index (χ4n) is 3.22. The number of aryl methyl sites for hydroxylation is 1. The van der Waals surface area contributed by atoms with Crippen LogP contribution in [0, 0.1) is 0 Å². The van der Waals surface area contributed by atoms with Gasteiger partial charge < -0.3 is 15.0 Å². The Morgan fingerprint density at radius 2 is 2.17 bits per heavy atom.